The molecule has 1 N–H and O–H groups in total. The molecule has 2 aromatic carbocycles. The van der Waals surface area contributed by atoms with Gasteiger partial charge < -0.3 is 14.8 Å². The average molecular weight is 460 g/mol. The number of nitrogens with zero attached hydrogens (tertiary/aromatic N) is 4. The molecule has 0 unspecified atom stereocenters. The molecule has 0 saturated heterocycles. The molecule has 0 aliphatic rings. The van der Waals surface area contributed by atoms with E-state index in [1.165, 1.54) is 5.56 Å². The Kier molecular flexibility index (Phi) is 7.46. The van der Waals surface area contributed by atoms with Crippen LogP contribution in [0.25, 0.3) is 0 Å². The number of ether oxygens (including phenoxy) is 2. The first-order chi connectivity index (χ1) is 14.1. The van der Waals surface area contributed by atoms with E-state index in [1.54, 1.807) is 11.8 Å². The van der Waals surface area contributed by atoms with Crippen molar-refractivity contribution in [2.75, 3.05) is 12.4 Å². The Labute approximate surface area is 179 Å². The maximum Gasteiger partial charge on any atom is 0.243 e. The van der Waals surface area contributed by atoms with Gasteiger partial charge in [0.25, 0.3) is 0 Å². The van der Waals surface area contributed by atoms with Gasteiger partial charge in [0.1, 0.15) is 6.61 Å². The maximum atomic E-state index is 6.18. The van der Waals surface area contributed by atoms with Crippen molar-refractivity contribution < 1.29 is 9.47 Å². The highest BCUT2D eigenvalue weighted by Crippen LogP contribution is 2.37. The third kappa shape index (κ3) is 5.47. The number of anilines is 1. The first kappa shape index (κ1) is 21.1. The number of hydrogen-bond donors (Lipinski definition) is 1. The smallest absolute Gasteiger partial charge is 0.243 e. The fourth-order valence-corrected chi connectivity index (χ4v) is 3.32. The number of rotatable bonds is 10. The molecular weight excluding hydrogens is 434 g/mol. The van der Waals surface area contributed by atoms with Crippen LogP contribution in [0.4, 0.5) is 5.95 Å². The first-order valence-electron chi connectivity index (χ1n) is 9.66. The largest absolute Gasteiger partial charge is 0.493 e. The normalized spacial score (nSPS) is 10.8. The van der Waals surface area contributed by atoms with Crippen LogP contribution in [0.5, 0.6) is 11.5 Å². The molecule has 154 valence electrons. The second-order valence-corrected chi connectivity index (χ2v) is 7.62. The average Bonchev–Trinajstić information content (AvgIpc) is 3.18. The highest BCUT2D eigenvalue weighted by atomic mass is 79.9. The van der Waals surface area contributed by atoms with Gasteiger partial charge in [-0.15, -0.1) is 0 Å². The maximum absolute atomic E-state index is 6.18. The SMILES string of the molecule is CCCCn1nnnc1NCc1c(Br)ccc(OC)c1OCc1ccc(C)cc1. The molecule has 0 saturated carbocycles. The first-order valence-corrected chi connectivity index (χ1v) is 10.5. The second kappa shape index (κ2) is 10.2. The molecule has 1 heterocycles. The molecule has 0 radical (unpaired) electrons. The summed E-state index contributed by atoms with van der Waals surface area (Å²) >= 11 is 3.64. The minimum Gasteiger partial charge on any atom is -0.493 e. The van der Waals surface area contributed by atoms with Gasteiger partial charge in [0, 0.05) is 23.1 Å². The number of halogens is 1. The summed E-state index contributed by atoms with van der Waals surface area (Å²) in [5, 5.41) is 15.2. The van der Waals surface area contributed by atoms with Gasteiger partial charge in [-0.3, -0.25) is 0 Å². The summed E-state index contributed by atoms with van der Waals surface area (Å²) in [6.45, 7) is 5.94. The minimum absolute atomic E-state index is 0.453. The van der Waals surface area contributed by atoms with Crippen LogP contribution in [0.15, 0.2) is 40.9 Å². The van der Waals surface area contributed by atoms with E-state index < -0.39 is 0 Å². The molecule has 0 aliphatic heterocycles. The highest BCUT2D eigenvalue weighted by Gasteiger charge is 2.16. The summed E-state index contributed by atoms with van der Waals surface area (Å²) in [6.07, 6.45) is 2.10. The van der Waals surface area contributed by atoms with Crippen LogP contribution in [0.2, 0.25) is 0 Å². The van der Waals surface area contributed by atoms with Crippen LogP contribution < -0.4 is 14.8 Å². The zero-order chi connectivity index (χ0) is 20.6. The molecule has 7 nitrogen and oxygen atoms in total. The Morgan fingerprint density at radius 3 is 2.66 bits per heavy atom. The summed E-state index contributed by atoms with van der Waals surface area (Å²) in [5.74, 6) is 2.02. The lowest BCUT2D eigenvalue weighted by Crippen LogP contribution is -2.11. The molecule has 3 aromatic rings. The van der Waals surface area contributed by atoms with Crippen molar-refractivity contribution in [1.29, 1.82) is 0 Å². The number of benzene rings is 2. The van der Waals surface area contributed by atoms with Gasteiger partial charge in [0.2, 0.25) is 5.95 Å². The summed E-state index contributed by atoms with van der Waals surface area (Å²) in [6, 6.07) is 12.1. The van der Waals surface area contributed by atoms with E-state index in [0.717, 1.165) is 35.0 Å². The van der Waals surface area contributed by atoms with Gasteiger partial charge in [-0.05, 0) is 41.5 Å². The van der Waals surface area contributed by atoms with Crippen molar-refractivity contribution in [1.82, 2.24) is 20.2 Å². The summed E-state index contributed by atoms with van der Waals surface area (Å²) in [5.41, 5.74) is 3.26. The minimum atomic E-state index is 0.453. The van der Waals surface area contributed by atoms with Crippen LogP contribution >= 0.6 is 15.9 Å². The number of tetrazole rings is 1. The predicted molar refractivity (Wildman–Crippen MR) is 116 cm³/mol. The molecular formula is C21H26BrN5O2. The van der Waals surface area contributed by atoms with Gasteiger partial charge >= 0.3 is 0 Å². The van der Waals surface area contributed by atoms with Crippen molar-refractivity contribution in [3.8, 4) is 11.5 Å². The van der Waals surface area contributed by atoms with E-state index in [0.29, 0.717) is 30.6 Å². The third-order valence-electron chi connectivity index (χ3n) is 4.57. The Balaban J connectivity index is 1.78. The van der Waals surface area contributed by atoms with Crippen LogP contribution in [-0.2, 0) is 19.7 Å². The topological polar surface area (TPSA) is 74.1 Å². The molecule has 0 spiro atoms. The van der Waals surface area contributed by atoms with Gasteiger partial charge in [0.15, 0.2) is 11.5 Å². The lowest BCUT2D eigenvalue weighted by Gasteiger charge is -2.17. The molecule has 0 fully saturated rings. The molecule has 0 atom stereocenters. The molecule has 3 rings (SSSR count). The van der Waals surface area contributed by atoms with Crippen molar-refractivity contribution in [3.05, 3.63) is 57.6 Å². The zero-order valence-electron chi connectivity index (χ0n) is 17.0. The van der Waals surface area contributed by atoms with Crippen molar-refractivity contribution in [2.45, 2.75) is 46.4 Å². The van der Waals surface area contributed by atoms with Crippen LogP contribution in [0.1, 0.15) is 36.5 Å². The van der Waals surface area contributed by atoms with E-state index in [1.807, 2.05) is 12.1 Å². The molecule has 29 heavy (non-hydrogen) atoms. The van der Waals surface area contributed by atoms with E-state index in [-0.39, 0.29) is 0 Å². The van der Waals surface area contributed by atoms with E-state index in [9.17, 15) is 0 Å². The number of aryl methyl sites for hydroxylation is 2. The molecule has 1 aromatic heterocycles. The summed E-state index contributed by atoms with van der Waals surface area (Å²) in [4.78, 5) is 0. The molecule has 0 amide bonds. The lowest BCUT2D eigenvalue weighted by atomic mass is 10.1. The Bertz CT molecular complexity index is 927. The van der Waals surface area contributed by atoms with E-state index >= 15 is 0 Å². The Morgan fingerprint density at radius 1 is 1.14 bits per heavy atom. The van der Waals surface area contributed by atoms with Gasteiger partial charge in [-0.1, -0.05) is 64.2 Å². The van der Waals surface area contributed by atoms with E-state index in [2.05, 4.69) is 74.9 Å². The highest BCUT2D eigenvalue weighted by molar-refractivity contribution is 9.10. The van der Waals surface area contributed by atoms with Gasteiger partial charge in [0.05, 0.1) is 7.11 Å². The standard InChI is InChI=1S/C21H26BrN5O2/c1-4-5-12-27-21(24-25-26-27)23-13-17-18(22)10-11-19(28-3)20(17)29-14-16-8-6-15(2)7-9-16/h6-11H,4-5,12-14H2,1-3H3,(H,23,24,26). The number of methoxy groups -OCH3 is 1. The predicted octanol–water partition coefficient (Wildman–Crippen LogP) is 4.74. The van der Waals surface area contributed by atoms with Gasteiger partial charge in [-0.2, -0.15) is 0 Å². The lowest BCUT2D eigenvalue weighted by molar-refractivity contribution is 0.281. The van der Waals surface area contributed by atoms with Gasteiger partial charge in [-0.25, -0.2) is 4.68 Å². The zero-order valence-corrected chi connectivity index (χ0v) is 18.6. The monoisotopic (exact) mass is 459 g/mol. The number of nitrogens with one attached hydrogen (secondary N) is 1. The molecule has 0 bridgehead atoms. The van der Waals surface area contributed by atoms with Crippen molar-refractivity contribution in [2.24, 2.45) is 0 Å². The third-order valence-corrected chi connectivity index (χ3v) is 5.31. The Morgan fingerprint density at radius 2 is 1.93 bits per heavy atom. The summed E-state index contributed by atoms with van der Waals surface area (Å²) in [7, 11) is 1.64. The Hall–Kier alpha value is -2.61. The van der Waals surface area contributed by atoms with Crippen LogP contribution in [-0.4, -0.2) is 27.3 Å². The number of hydrogen-bond acceptors (Lipinski definition) is 6. The van der Waals surface area contributed by atoms with Crippen molar-refractivity contribution >= 4 is 21.9 Å². The number of aromatic nitrogens is 4. The fourth-order valence-electron chi connectivity index (χ4n) is 2.86. The van der Waals surface area contributed by atoms with E-state index in [4.69, 9.17) is 9.47 Å². The van der Waals surface area contributed by atoms with Crippen LogP contribution in [0.3, 0.4) is 0 Å². The second-order valence-electron chi connectivity index (χ2n) is 6.76. The number of unbranched alkanes of at least 4 members (excludes halogenated alkanes) is 1. The quantitative estimate of drug-likeness (QED) is 0.471. The molecule has 0 aliphatic carbocycles. The fraction of sp³-hybridized carbons (Fsp3) is 0.381. The van der Waals surface area contributed by atoms with Crippen molar-refractivity contribution in [3.63, 3.8) is 0 Å². The molecule has 8 heteroatoms. The van der Waals surface area contributed by atoms with Crippen LogP contribution in [0, 0.1) is 6.92 Å². The summed E-state index contributed by atoms with van der Waals surface area (Å²) < 4.78 is 14.4.